The number of nitrogens with one attached hydrogen (secondary N) is 1. The molecule has 3 nitrogen and oxygen atoms in total. The molecular weight excluding hydrogens is 234 g/mol. The van der Waals surface area contributed by atoms with Crippen LogP contribution in [0.3, 0.4) is 0 Å². The average molecular weight is 259 g/mol. The van der Waals surface area contributed by atoms with Gasteiger partial charge in [0.05, 0.1) is 11.5 Å². The molecule has 0 aromatic carbocycles. The maximum Gasteiger partial charge on any atom is 0.151 e. The lowest BCUT2D eigenvalue weighted by molar-refractivity contribution is 0.214. The van der Waals surface area contributed by atoms with Crippen molar-refractivity contribution in [1.29, 1.82) is 0 Å². The third kappa shape index (κ3) is 3.68. The van der Waals surface area contributed by atoms with Gasteiger partial charge >= 0.3 is 0 Å². The largest absolute Gasteiger partial charge is 0.310 e. The molecule has 1 heterocycles. The molecule has 2 aliphatic rings. The molecule has 100 valence electrons. The molecule has 0 amide bonds. The summed E-state index contributed by atoms with van der Waals surface area (Å²) in [5.41, 5.74) is 0. The molecule has 4 atom stereocenters. The zero-order valence-electron chi connectivity index (χ0n) is 11.0. The molecule has 1 aliphatic carbocycles. The molecule has 1 N–H and O–H groups in total. The minimum atomic E-state index is -2.77. The topological polar surface area (TPSA) is 46.2 Å². The summed E-state index contributed by atoms with van der Waals surface area (Å²) in [6.45, 7) is 4.64. The first-order valence-electron chi connectivity index (χ1n) is 6.93. The van der Waals surface area contributed by atoms with Crippen LogP contribution in [0.5, 0.6) is 0 Å². The molecule has 4 unspecified atom stereocenters. The van der Waals surface area contributed by atoms with Gasteiger partial charge < -0.3 is 5.32 Å². The van der Waals surface area contributed by atoms with Crippen LogP contribution in [0.15, 0.2) is 0 Å². The lowest BCUT2D eigenvalue weighted by Crippen LogP contribution is -2.47. The Labute approximate surface area is 105 Å². The predicted octanol–water partition coefficient (Wildman–Crippen LogP) is 1.98. The zero-order valence-corrected chi connectivity index (χ0v) is 11.8. The Kier molecular flexibility index (Phi) is 4.14. The highest BCUT2D eigenvalue weighted by molar-refractivity contribution is 7.91. The van der Waals surface area contributed by atoms with Crippen molar-refractivity contribution in [2.24, 2.45) is 11.8 Å². The number of rotatable bonds is 2. The molecule has 0 aromatic rings. The summed E-state index contributed by atoms with van der Waals surface area (Å²) in [6, 6.07) is 0.749. The highest BCUT2D eigenvalue weighted by Gasteiger charge is 2.29. The van der Waals surface area contributed by atoms with E-state index >= 15 is 0 Å². The van der Waals surface area contributed by atoms with Crippen molar-refractivity contribution in [3.05, 3.63) is 0 Å². The summed E-state index contributed by atoms with van der Waals surface area (Å²) in [5, 5.41) is 3.59. The van der Waals surface area contributed by atoms with E-state index in [1.807, 2.05) is 0 Å². The predicted molar refractivity (Wildman–Crippen MR) is 70.8 cm³/mol. The summed E-state index contributed by atoms with van der Waals surface area (Å²) in [4.78, 5) is 0. The lowest BCUT2D eigenvalue weighted by Gasteiger charge is -2.36. The smallest absolute Gasteiger partial charge is 0.151 e. The van der Waals surface area contributed by atoms with E-state index in [4.69, 9.17) is 0 Å². The van der Waals surface area contributed by atoms with E-state index in [-0.39, 0.29) is 6.04 Å². The van der Waals surface area contributed by atoms with Crippen LogP contribution in [0.4, 0.5) is 0 Å². The number of sulfone groups is 1. The van der Waals surface area contributed by atoms with E-state index in [1.54, 1.807) is 0 Å². The summed E-state index contributed by atoms with van der Waals surface area (Å²) in [7, 11) is -2.77. The third-order valence-corrected chi connectivity index (χ3v) is 6.35. The van der Waals surface area contributed by atoms with Crippen molar-refractivity contribution >= 4 is 9.84 Å². The van der Waals surface area contributed by atoms with Crippen molar-refractivity contribution in [2.75, 3.05) is 11.5 Å². The second-order valence-corrected chi connectivity index (χ2v) is 8.31. The Hall–Kier alpha value is -0.0900. The van der Waals surface area contributed by atoms with Crippen LogP contribution in [-0.2, 0) is 9.84 Å². The van der Waals surface area contributed by atoms with Gasteiger partial charge in [0.15, 0.2) is 9.84 Å². The zero-order chi connectivity index (χ0) is 12.5. The maximum atomic E-state index is 11.6. The van der Waals surface area contributed by atoms with E-state index in [0.29, 0.717) is 17.5 Å². The molecule has 0 spiro atoms. The highest BCUT2D eigenvalue weighted by atomic mass is 32.2. The van der Waals surface area contributed by atoms with E-state index in [9.17, 15) is 8.42 Å². The van der Waals surface area contributed by atoms with Gasteiger partial charge in [0, 0.05) is 12.1 Å². The first-order valence-corrected chi connectivity index (χ1v) is 8.75. The van der Waals surface area contributed by atoms with Gasteiger partial charge in [0.25, 0.3) is 0 Å². The van der Waals surface area contributed by atoms with Crippen LogP contribution in [0.1, 0.15) is 46.0 Å². The minimum absolute atomic E-state index is 0.208. The van der Waals surface area contributed by atoms with Crippen molar-refractivity contribution in [3.63, 3.8) is 0 Å². The minimum Gasteiger partial charge on any atom is -0.310 e. The van der Waals surface area contributed by atoms with E-state index in [0.717, 1.165) is 24.7 Å². The van der Waals surface area contributed by atoms with Crippen molar-refractivity contribution < 1.29 is 8.42 Å². The van der Waals surface area contributed by atoms with E-state index in [1.165, 1.54) is 19.3 Å². The van der Waals surface area contributed by atoms with Gasteiger partial charge in [0.1, 0.15) is 0 Å². The van der Waals surface area contributed by atoms with Gasteiger partial charge in [-0.25, -0.2) is 8.42 Å². The van der Waals surface area contributed by atoms with Crippen LogP contribution in [0.2, 0.25) is 0 Å². The van der Waals surface area contributed by atoms with Gasteiger partial charge in [0.2, 0.25) is 0 Å². The third-order valence-electron chi connectivity index (χ3n) is 4.53. The fourth-order valence-corrected chi connectivity index (χ4v) is 4.84. The van der Waals surface area contributed by atoms with Crippen molar-refractivity contribution in [2.45, 2.75) is 58.0 Å². The molecule has 2 fully saturated rings. The fraction of sp³-hybridized carbons (Fsp3) is 1.00. The Bertz CT molecular complexity index is 352. The summed E-state index contributed by atoms with van der Waals surface area (Å²) in [6.07, 6.45) is 5.55. The van der Waals surface area contributed by atoms with Gasteiger partial charge in [-0.3, -0.25) is 0 Å². The Morgan fingerprint density at radius 1 is 1.00 bits per heavy atom. The quantitative estimate of drug-likeness (QED) is 0.825. The lowest BCUT2D eigenvalue weighted by atomic mass is 9.79. The van der Waals surface area contributed by atoms with E-state index < -0.39 is 9.84 Å². The second-order valence-electron chi connectivity index (χ2n) is 6.08. The van der Waals surface area contributed by atoms with Crippen LogP contribution in [0, 0.1) is 11.8 Å². The second kappa shape index (κ2) is 5.27. The van der Waals surface area contributed by atoms with Gasteiger partial charge in [-0.05, 0) is 43.9 Å². The van der Waals surface area contributed by atoms with Crippen LogP contribution >= 0.6 is 0 Å². The molecule has 2 rings (SSSR count). The molecule has 1 aliphatic heterocycles. The van der Waals surface area contributed by atoms with Crippen LogP contribution in [0.25, 0.3) is 0 Å². The average Bonchev–Trinajstić information content (AvgIpc) is 2.22. The Morgan fingerprint density at radius 3 is 2.41 bits per heavy atom. The van der Waals surface area contributed by atoms with Crippen molar-refractivity contribution in [1.82, 2.24) is 5.32 Å². The summed E-state index contributed by atoms with van der Waals surface area (Å²) in [5.74, 6) is 2.33. The van der Waals surface area contributed by atoms with E-state index in [2.05, 4.69) is 19.2 Å². The summed E-state index contributed by atoms with van der Waals surface area (Å²) >= 11 is 0. The van der Waals surface area contributed by atoms with Crippen LogP contribution in [-0.4, -0.2) is 32.0 Å². The molecule has 4 heteroatoms. The first kappa shape index (κ1) is 13.3. The van der Waals surface area contributed by atoms with Crippen molar-refractivity contribution in [3.8, 4) is 0 Å². The first-order chi connectivity index (χ1) is 7.96. The standard InChI is InChI=1S/C13H25NO2S/c1-10-5-6-12(8-11(10)2)14-13-4-3-7-17(15,16)9-13/h10-14H,3-9H2,1-2H3. The molecule has 1 saturated carbocycles. The SMILES string of the molecule is CC1CCC(NC2CCCS(=O)(=O)C2)CC1C. The number of hydrogen-bond donors (Lipinski definition) is 1. The van der Waals surface area contributed by atoms with Gasteiger partial charge in [-0.2, -0.15) is 0 Å². The fourth-order valence-electron chi connectivity index (χ4n) is 3.19. The molecular formula is C13H25NO2S. The normalized spacial score (nSPS) is 42.2. The van der Waals surface area contributed by atoms with Gasteiger partial charge in [-0.15, -0.1) is 0 Å². The maximum absolute atomic E-state index is 11.6. The van der Waals surface area contributed by atoms with Crippen LogP contribution < -0.4 is 5.32 Å². The number of hydrogen-bond acceptors (Lipinski definition) is 3. The van der Waals surface area contributed by atoms with Gasteiger partial charge in [-0.1, -0.05) is 13.8 Å². The highest BCUT2D eigenvalue weighted by Crippen LogP contribution is 2.30. The Balaban J connectivity index is 1.85. The molecule has 0 bridgehead atoms. The molecule has 1 saturated heterocycles. The molecule has 0 aromatic heterocycles. The molecule has 0 radical (unpaired) electrons. The summed E-state index contributed by atoms with van der Waals surface area (Å²) < 4.78 is 23.2. The Morgan fingerprint density at radius 2 is 1.76 bits per heavy atom. The monoisotopic (exact) mass is 259 g/mol. The molecule has 17 heavy (non-hydrogen) atoms.